The Morgan fingerprint density at radius 3 is 2.61 bits per heavy atom. The van der Waals surface area contributed by atoms with Crippen LogP contribution in [-0.2, 0) is 0 Å². The van der Waals surface area contributed by atoms with Crippen molar-refractivity contribution in [2.24, 2.45) is 17.6 Å². The Hall–Kier alpha value is -1.04. The van der Waals surface area contributed by atoms with Gasteiger partial charge in [-0.1, -0.05) is 19.9 Å². The molecule has 1 aliphatic rings. The summed E-state index contributed by atoms with van der Waals surface area (Å²) >= 11 is 0. The second-order valence-electron chi connectivity index (χ2n) is 5.25. The number of benzene rings is 1. The van der Waals surface area contributed by atoms with Crippen LogP contribution in [0.1, 0.15) is 31.9 Å². The molecule has 1 saturated heterocycles. The number of nitrogens with one attached hydrogen (secondary N) is 2. The molecule has 0 radical (unpaired) electrons. The molecule has 3 unspecified atom stereocenters. The molecule has 18 heavy (non-hydrogen) atoms. The van der Waals surface area contributed by atoms with Gasteiger partial charge in [-0.3, -0.25) is 0 Å². The Morgan fingerprint density at radius 1 is 1.28 bits per heavy atom. The fraction of sp³-hybridized carbons (Fsp3) is 0.538. The van der Waals surface area contributed by atoms with E-state index in [4.69, 9.17) is 5.73 Å². The molecule has 3 atom stereocenters. The minimum Gasteiger partial charge on any atom is -0.315 e. The highest BCUT2D eigenvalue weighted by Crippen LogP contribution is 2.33. The quantitative estimate of drug-likeness (QED) is 0.775. The van der Waals surface area contributed by atoms with E-state index in [-0.39, 0.29) is 18.1 Å². The molecule has 0 spiro atoms. The van der Waals surface area contributed by atoms with E-state index in [1.54, 1.807) is 0 Å². The lowest BCUT2D eigenvalue weighted by molar-refractivity contribution is 0.339. The molecule has 100 valence electrons. The van der Waals surface area contributed by atoms with Gasteiger partial charge in [-0.15, -0.1) is 0 Å². The third-order valence-electron chi connectivity index (χ3n) is 3.34. The summed E-state index contributed by atoms with van der Waals surface area (Å²) in [7, 11) is 0. The summed E-state index contributed by atoms with van der Waals surface area (Å²) in [6, 6.07) is 3.45. The molecule has 0 aliphatic carbocycles. The molecule has 5 heteroatoms. The highest BCUT2D eigenvalue weighted by atomic mass is 19.1. The zero-order valence-corrected chi connectivity index (χ0v) is 10.6. The predicted octanol–water partition coefficient (Wildman–Crippen LogP) is 2.06. The smallest absolute Gasteiger partial charge is 0.130 e. The van der Waals surface area contributed by atoms with Crippen LogP contribution in [0.25, 0.3) is 0 Å². The maximum Gasteiger partial charge on any atom is 0.130 e. The summed E-state index contributed by atoms with van der Waals surface area (Å²) in [6.07, 6.45) is 0.657. The van der Waals surface area contributed by atoms with Gasteiger partial charge in [-0.05, 0) is 18.4 Å². The number of nitrogens with two attached hydrogens (primary N) is 1. The first-order valence-corrected chi connectivity index (χ1v) is 6.20. The summed E-state index contributed by atoms with van der Waals surface area (Å²) in [5.74, 6) is -0.539. The third-order valence-corrected chi connectivity index (χ3v) is 3.34. The van der Waals surface area contributed by atoms with Crippen molar-refractivity contribution in [3.8, 4) is 0 Å². The van der Waals surface area contributed by atoms with Crippen molar-refractivity contribution in [1.29, 1.82) is 0 Å². The molecule has 0 saturated carbocycles. The summed E-state index contributed by atoms with van der Waals surface area (Å²) in [6.45, 7) is 4.20. The van der Waals surface area contributed by atoms with Crippen molar-refractivity contribution in [3.63, 3.8) is 0 Å². The first kappa shape index (κ1) is 13.4. The van der Waals surface area contributed by atoms with E-state index in [1.165, 1.54) is 12.1 Å². The van der Waals surface area contributed by atoms with Crippen LogP contribution < -0.4 is 16.6 Å². The van der Waals surface area contributed by atoms with Crippen LogP contribution in [0.4, 0.5) is 8.78 Å². The van der Waals surface area contributed by atoms with Crippen LogP contribution >= 0.6 is 0 Å². The Kier molecular flexibility index (Phi) is 3.94. The average Bonchev–Trinajstić information content (AvgIpc) is 2.60. The van der Waals surface area contributed by atoms with E-state index >= 15 is 0 Å². The maximum absolute atomic E-state index is 13.8. The zero-order chi connectivity index (χ0) is 13.3. The van der Waals surface area contributed by atoms with Crippen LogP contribution in [0, 0.1) is 23.5 Å². The summed E-state index contributed by atoms with van der Waals surface area (Å²) in [4.78, 5) is 0. The minimum atomic E-state index is -0.563. The highest BCUT2D eigenvalue weighted by molar-refractivity contribution is 5.24. The van der Waals surface area contributed by atoms with Gasteiger partial charge in [-0.2, -0.15) is 0 Å². The van der Waals surface area contributed by atoms with Crippen molar-refractivity contribution < 1.29 is 8.78 Å². The van der Waals surface area contributed by atoms with E-state index in [0.29, 0.717) is 11.5 Å². The molecule has 1 fully saturated rings. The lowest BCUT2D eigenvalue weighted by Gasteiger charge is -2.23. The molecule has 2 rings (SSSR count). The van der Waals surface area contributed by atoms with Gasteiger partial charge in [0.2, 0.25) is 0 Å². The standard InChI is InChI=1S/C13H19F2N3/c1-7(2)5-10-12(17-18-13(10)16)9-4-3-8(14)6-11(9)15/h3-4,6-7,10,12-13,17-18H,5,16H2,1-2H3. The second-order valence-corrected chi connectivity index (χ2v) is 5.25. The Labute approximate surface area is 106 Å². The van der Waals surface area contributed by atoms with Gasteiger partial charge in [0.15, 0.2) is 0 Å². The largest absolute Gasteiger partial charge is 0.315 e. The average molecular weight is 255 g/mol. The fourth-order valence-electron chi connectivity index (χ4n) is 2.50. The topological polar surface area (TPSA) is 50.1 Å². The van der Waals surface area contributed by atoms with E-state index in [0.717, 1.165) is 12.5 Å². The Bertz CT molecular complexity index is 423. The minimum absolute atomic E-state index is 0.0879. The molecule has 0 bridgehead atoms. The first-order valence-electron chi connectivity index (χ1n) is 6.20. The van der Waals surface area contributed by atoms with Crippen molar-refractivity contribution in [2.45, 2.75) is 32.5 Å². The van der Waals surface area contributed by atoms with Crippen molar-refractivity contribution in [1.82, 2.24) is 10.9 Å². The molecule has 1 heterocycles. The van der Waals surface area contributed by atoms with Crippen molar-refractivity contribution in [3.05, 3.63) is 35.4 Å². The molecule has 0 amide bonds. The molecule has 1 aromatic rings. The van der Waals surface area contributed by atoms with Crippen LogP contribution in [0.15, 0.2) is 18.2 Å². The Balaban J connectivity index is 2.25. The summed E-state index contributed by atoms with van der Waals surface area (Å²) in [5, 5.41) is 0. The SMILES string of the molecule is CC(C)CC1C(N)NNC1c1ccc(F)cc1F. The monoisotopic (exact) mass is 255 g/mol. The molecular formula is C13H19F2N3. The number of hydrazine groups is 1. The van der Waals surface area contributed by atoms with Crippen molar-refractivity contribution in [2.75, 3.05) is 0 Å². The number of hydrogen-bond donors (Lipinski definition) is 3. The van der Waals surface area contributed by atoms with E-state index in [1.807, 2.05) is 0 Å². The van der Waals surface area contributed by atoms with E-state index < -0.39 is 11.6 Å². The third kappa shape index (κ3) is 2.68. The molecular weight excluding hydrogens is 236 g/mol. The lowest BCUT2D eigenvalue weighted by Crippen LogP contribution is -2.39. The predicted molar refractivity (Wildman–Crippen MR) is 66.3 cm³/mol. The summed E-state index contributed by atoms with van der Waals surface area (Å²) in [5.41, 5.74) is 12.4. The number of hydrogen-bond acceptors (Lipinski definition) is 3. The maximum atomic E-state index is 13.8. The Morgan fingerprint density at radius 2 is 2.00 bits per heavy atom. The van der Waals surface area contributed by atoms with Crippen molar-refractivity contribution >= 4 is 0 Å². The zero-order valence-electron chi connectivity index (χ0n) is 10.6. The van der Waals surface area contributed by atoms with Gasteiger partial charge in [0.1, 0.15) is 11.6 Å². The normalized spacial score (nSPS) is 28.0. The van der Waals surface area contributed by atoms with Crippen LogP contribution in [0.2, 0.25) is 0 Å². The molecule has 1 aliphatic heterocycles. The number of halogens is 2. The van der Waals surface area contributed by atoms with E-state index in [2.05, 4.69) is 24.7 Å². The van der Waals surface area contributed by atoms with Crippen LogP contribution in [0.3, 0.4) is 0 Å². The second kappa shape index (κ2) is 5.30. The first-order chi connectivity index (χ1) is 8.49. The fourth-order valence-corrected chi connectivity index (χ4v) is 2.50. The van der Waals surface area contributed by atoms with Gasteiger partial charge in [0, 0.05) is 17.5 Å². The van der Waals surface area contributed by atoms with Gasteiger partial charge in [0.05, 0.1) is 12.2 Å². The van der Waals surface area contributed by atoms with Crippen LogP contribution in [-0.4, -0.2) is 6.17 Å². The van der Waals surface area contributed by atoms with Gasteiger partial charge in [0.25, 0.3) is 0 Å². The molecule has 1 aromatic carbocycles. The van der Waals surface area contributed by atoms with Crippen LogP contribution in [0.5, 0.6) is 0 Å². The van der Waals surface area contributed by atoms with Gasteiger partial charge in [-0.25, -0.2) is 19.6 Å². The highest BCUT2D eigenvalue weighted by Gasteiger charge is 2.36. The van der Waals surface area contributed by atoms with Gasteiger partial charge < -0.3 is 5.73 Å². The summed E-state index contributed by atoms with van der Waals surface area (Å²) < 4.78 is 26.7. The lowest BCUT2D eigenvalue weighted by atomic mass is 9.86. The number of rotatable bonds is 3. The van der Waals surface area contributed by atoms with Gasteiger partial charge >= 0.3 is 0 Å². The van der Waals surface area contributed by atoms with E-state index in [9.17, 15) is 8.78 Å². The molecule has 0 aromatic heterocycles. The molecule has 3 nitrogen and oxygen atoms in total. The molecule has 4 N–H and O–H groups in total.